The lowest BCUT2D eigenvalue weighted by Gasteiger charge is -2.32. The van der Waals surface area contributed by atoms with E-state index in [0.717, 1.165) is 17.5 Å². The SMILES string of the molecule is CCCC[C@H](NC(=O)[C@](C)(Cc1ccc(C(=N)N)cc1)c1ccccc1)C(=O)N[C@@H](CCCN=C(N)N)C(N)=O. The number of carbonyl (C=O) groups is 3. The van der Waals surface area contributed by atoms with Gasteiger partial charge in [0, 0.05) is 12.1 Å². The predicted molar refractivity (Wildman–Crippen MR) is 157 cm³/mol. The van der Waals surface area contributed by atoms with Crippen LogP contribution in [0.15, 0.2) is 59.6 Å². The molecular weight excluding hydrogens is 508 g/mol. The van der Waals surface area contributed by atoms with Crippen LogP contribution in [0.5, 0.6) is 0 Å². The van der Waals surface area contributed by atoms with Gasteiger partial charge in [0.2, 0.25) is 17.7 Å². The van der Waals surface area contributed by atoms with Gasteiger partial charge in [-0.3, -0.25) is 24.8 Å². The molecule has 0 aliphatic carbocycles. The first-order valence-corrected chi connectivity index (χ1v) is 13.4. The average molecular weight is 551 g/mol. The number of benzene rings is 2. The number of rotatable bonds is 16. The highest BCUT2D eigenvalue weighted by Crippen LogP contribution is 2.29. The Morgan fingerprint density at radius 2 is 1.52 bits per heavy atom. The summed E-state index contributed by atoms with van der Waals surface area (Å²) in [6, 6.07) is 14.7. The van der Waals surface area contributed by atoms with E-state index in [1.54, 1.807) is 12.1 Å². The van der Waals surface area contributed by atoms with Gasteiger partial charge < -0.3 is 33.6 Å². The van der Waals surface area contributed by atoms with Crippen molar-refractivity contribution in [2.45, 2.75) is 69.9 Å². The molecule has 0 saturated carbocycles. The lowest BCUT2D eigenvalue weighted by Crippen LogP contribution is -2.56. The lowest BCUT2D eigenvalue weighted by atomic mass is 9.76. The normalized spacial score (nSPS) is 13.8. The van der Waals surface area contributed by atoms with Crippen LogP contribution in [0.1, 0.15) is 62.6 Å². The molecule has 11 heteroatoms. The number of hydrogen-bond acceptors (Lipinski definition) is 5. The summed E-state index contributed by atoms with van der Waals surface area (Å²) in [6.45, 7) is 4.12. The van der Waals surface area contributed by atoms with E-state index in [2.05, 4.69) is 15.6 Å². The molecule has 216 valence electrons. The second-order valence-electron chi connectivity index (χ2n) is 10.1. The molecule has 11 N–H and O–H groups in total. The number of nitrogens with one attached hydrogen (secondary N) is 3. The van der Waals surface area contributed by atoms with Gasteiger partial charge in [-0.15, -0.1) is 0 Å². The van der Waals surface area contributed by atoms with Crippen molar-refractivity contribution in [3.8, 4) is 0 Å². The van der Waals surface area contributed by atoms with Gasteiger partial charge in [0.05, 0.1) is 5.41 Å². The Bertz CT molecular complexity index is 1180. The summed E-state index contributed by atoms with van der Waals surface area (Å²) in [5.41, 5.74) is 23.0. The summed E-state index contributed by atoms with van der Waals surface area (Å²) < 4.78 is 0. The molecule has 0 aliphatic heterocycles. The molecule has 2 rings (SSSR count). The van der Waals surface area contributed by atoms with Crippen molar-refractivity contribution in [2.24, 2.45) is 27.9 Å². The van der Waals surface area contributed by atoms with Crippen molar-refractivity contribution in [3.05, 3.63) is 71.3 Å². The monoisotopic (exact) mass is 550 g/mol. The van der Waals surface area contributed by atoms with Crippen LogP contribution in [0.4, 0.5) is 0 Å². The average Bonchev–Trinajstić information content (AvgIpc) is 2.92. The highest BCUT2D eigenvalue weighted by Gasteiger charge is 2.38. The Labute approximate surface area is 235 Å². The molecule has 0 aromatic heterocycles. The number of nitrogens with zero attached hydrogens (tertiary/aromatic N) is 1. The Kier molecular flexibility index (Phi) is 12.1. The molecule has 0 aliphatic rings. The number of aliphatic imine (C=N–C) groups is 1. The summed E-state index contributed by atoms with van der Waals surface area (Å²) in [6.07, 6.45) is 2.94. The Morgan fingerprint density at radius 3 is 2.08 bits per heavy atom. The summed E-state index contributed by atoms with van der Waals surface area (Å²) in [5, 5.41) is 13.3. The maximum atomic E-state index is 13.9. The molecule has 3 atom stereocenters. The quantitative estimate of drug-likeness (QED) is 0.0924. The minimum atomic E-state index is -1.02. The van der Waals surface area contributed by atoms with Crippen molar-refractivity contribution in [1.29, 1.82) is 5.41 Å². The largest absolute Gasteiger partial charge is 0.384 e. The number of nitrogens with two attached hydrogens (primary N) is 4. The van der Waals surface area contributed by atoms with E-state index < -0.39 is 29.3 Å². The summed E-state index contributed by atoms with van der Waals surface area (Å²) >= 11 is 0. The number of nitrogen functional groups attached to an aromatic ring is 1. The predicted octanol–water partition coefficient (Wildman–Crippen LogP) is 1.17. The van der Waals surface area contributed by atoms with E-state index >= 15 is 0 Å². The zero-order valence-corrected chi connectivity index (χ0v) is 23.3. The topological polar surface area (TPSA) is 216 Å². The van der Waals surface area contributed by atoms with Crippen LogP contribution in [-0.4, -0.2) is 48.1 Å². The van der Waals surface area contributed by atoms with E-state index in [4.69, 9.17) is 28.3 Å². The third-order valence-corrected chi connectivity index (χ3v) is 6.81. The lowest BCUT2D eigenvalue weighted by molar-refractivity contribution is -0.133. The third-order valence-electron chi connectivity index (χ3n) is 6.81. The fourth-order valence-electron chi connectivity index (χ4n) is 4.39. The number of amides is 3. The van der Waals surface area contributed by atoms with E-state index in [-0.39, 0.29) is 24.1 Å². The molecule has 0 bridgehead atoms. The molecule has 2 aromatic carbocycles. The maximum absolute atomic E-state index is 13.9. The van der Waals surface area contributed by atoms with E-state index in [0.29, 0.717) is 37.8 Å². The summed E-state index contributed by atoms with van der Waals surface area (Å²) in [7, 11) is 0. The molecule has 40 heavy (non-hydrogen) atoms. The van der Waals surface area contributed by atoms with Crippen LogP contribution in [0.2, 0.25) is 0 Å². The van der Waals surface area contributed by atoms with E-state index in [9.17, 15) is 14.4 Å². The maximum Gasteiger partial charge on any atom is 0.243 e. The van der Waals surface area contributed by atoms with Gasteiger partial charge in [-0.05, 0) is 43.7 Å². The number of unbranched alkanes of at least 4 members (excludes halogenated alkanes) is 1. The number of amidine groups is 1. The molecule has 0 spiro atoms. The van der Waals surface area contributed by atoms with Crippen molar-refractivity contribution < 1.29 is 14.4 Å². The highest BCUT2D eigenvalue weighted by atomic mass is 16.2. The zero-order valence-electron chi connectivity index (χ0n) is 23.3. The van der Waals surface area contributed by atoms with Crippen molar-refractivity contribution in [3.63, 3.8) is 0 Å². The molecule has 11 nitrogen and oxygen atoms in total. The Morgan fingerprint density at radius 1 is 0.900 bits per heavy atom. The summed E-state index contributed by atoms with van der Waals surface area (Å²) in [5.74, 6) is -1.58. The van der Waals surface area contributed by atoms with Crippen molar-refractivity contribution in [1.82, 2.24) is 10.6 Å². The molecule has 0 heterocycles. The van der Waals surface area contributed by atoms with Crippen LogP contribution in [0, 0.1) is 5.41 Å². The van der Waals surface area contributed by atoms with Gasteiger partial charge in [-0.25, -0.2) is 0 Å². The number of carbonyl (C=O) groups excluding carboxylic acids is 3. The molecule has 0 saturated heterocycles. The second-order valence-corrected chi connectivity index (χ2v) is 10.1. The molecule has 2 aromatic rings. The van der Waals surface area contributed by atoms with Crippen molar-refractivity contribution >= 4 is 29.5 Å². The fraction of sp³-hybridized carbons (Fsp3) is 0.414. The Hall–Kier alpha value is -4.41. The minimum absolute atomic E-state index is 0.0367. The van der Waals surface area contributed by atoms with Crippen LogP contribution in [0.25, 0.3) is 0 Å². The molecule has 0 fully saturated rings. The molecule has 3 amide bonds. The minimum Gasteiger partial charge on any atom is -0.384 e. The Balaban J connectivity index is 2.28. The van der Waals surface area contributed by atoms with Crippen LogP contribution in [-0.2, 0) is 26.2 Å². The van der Waals surface area contributed by atoms with Gasteiger partial charge in [-0.1, -0.05) is 74.4 Å². The van der Waals surface area contributed by atoms with Gasteiger partial charge in [0.1, 0.15) is 17.9 Å². The standard InChI is InChI=1S/C29H42N8O3/c1-3-4-11-23(26(39)36-22(25(32)38)12-8-17-35-28(33)34)37-27(40)29(2,21-9-6-5-7-10-21)18-19-13-15-20(16-14-19)24(30)31/h5-7,9-10,13-16,22-23H,3-4,8,11-12,17-18H2,1-2H3,(H3,30,31)(H2,32,38)(H,36,39)(H,37,40)(H4,33,34,35)/t22-,23-,29+/m0/s1. The third kappa shape index (κ3) is 9.40. The molecule has 0 radical (unpaired) electrons. The van der Waals surface area contributed by atoms with Gasteiger partial charge in [0.15, 0.2) is 5.96 Å². The molecule has 0 unspecified atom stereocenters. The highest BCUT2D eigenvalue weighted by molar-refractivity contribution is 5.96. The van der Waals surface area contributed by atoms with Crippen LogP contribution < -0.4 is 33.6 Å². The van der Waals surface area contributed by atoms with Gasteiger partial charge >= 0.3 is 0 Å². The second kappa shape index (κ2) is 15.2. The van der Waals surface area contributed by atoms with E-state index in [1.165, 1.54) is 0 Å². The zero-order chi connectivity index (χ0) is 29.7. The van der Waals surface area contributed by atoms with Crippen LogP contribution >= 0.6 is 0 Å². The van der Waals surface area contributed by atoms with E-state index in [1.807, 2.05) is 56.3 Å². The first-order chi connectivity index (χ1) is 19.0. The fourth-order valence-corrected chi connectivity index (χ4v) is 4.39. The smallest absolute Gasteiger partial charge is 0.243 e. The number of guanidine groups is 1. The number of hydrogen-bond donors (Lipinski definition) is 7. The van der Waals surface area contributed by atoms with Crippen molar-refractivity contribution in [2.75, 3.05) is 6.54 Å². The number of primary amides is 1. The molecular formula is C29H42N8O3. The first-order valence-electron chi connectivity index (χ1n) is 13.4. The van der Waals surface area contributed by atoms with Gasteiger partial charge in [-0.2, -0.15) is 0 Å². The summed E-state index contributed by atoms with van der Waals surface area (Å²) in [4.78, 5) is 43.2. The van der Waals surface area contributed by atoms with Gasteiger partial charge in [0.25, 0.3) is 0 Å². The first kappa shape index (κ1) is 31.8. The van der Waals surface area contributed by atoms with Crippen LogP contribution in [0.3, 0.4) is 0 Å².